The van der Waals surface area contributed by atoms with Crippen LogP contribution in [0, 0.1) is 17.5 Å². The van der Waals surface area contributed by atoms with Crippen molar-refractivity contribution in [2.45, 2.75) is 12.5 Å². The molecule has 1 atom stereocenters. The quantitative estimate of drug-likeness (QED) is 0.890. The molecule has 1 N–H and O–H groups in total. The van der Waals surface area contributed by atoms with Crippen molar-refractivity contribution in [3.05, 3.63) is 71.0 Å². The monoisotopic (exact) mass is 265 g/mol. The van der Waals surface area contributed by atoms with Gasteiger partial charge in [0.2, 0.25) is 0 Å². The van der Waals surface area contributed by atoms with Gasteiger partial charge in [-0.3, -0.25) is 0 Å². The van der Waals surface area contributed by atoms with E-state index < -0.39 is 11.6 Å². The highest BCUT2D eigenvalue weighted by Crippen LogP contribution is 2.20. The zero-order chi connectivity index (χ0) is 13.8. The second kappa shape index (κ2) is 5.89. The van der Waals surface area contributed by atoms with Crippen molar-refractivity contribution in [1.29, 1.82) is 0 Å². The van der Waals surface area contributed by atoms with Gasteiger partial charge in [-0.15, -0.1) is 0 Å². The van der Waals surface area contributed by atoms with E-state index in [1.807, 2.05) is 0 Å². The molecule has 0 fully saturated rings. The molecule has 19 heavy (non-hydrogen) atoms. The fourth-order valence-corrected chi connectivity index (χ4v) is 2.06. The standard InChI is InChI=1S/C15H14F3N/c1-19-15(6-10-3-2-4-12(16)5-10)11-7-13(17)9-14(18)8-11/h2-5,7-9,15,19H,6H2,1H3. The topological polar surface area (TPSA) is 12.0 Å². The third kappa shape index (κ3) is 3.58. The molecule has 0 spiro atoms. The Bertz CT molecular complexity index is 549. The summed E-state index contributed by atoms with van der Waals surface area (Å²) in [5.74, 6) is -1.55. The molecule has 0 radical (unpaired) electrons. The summed E-state index contributed by atoms with van der Waals surface area (Å²) in [7, 11) is 1.70. The molecule has 0 saturated heterocycles. The second-order valence-electron chi connectivity index (χ2n) is 4.38. The average Bonchev–Trinajstić information content (AvgIpc) is 2.34. The van der Waals surface area contributed by atoms with Crippen molar-refractivity contribution < 1.29 is 13.2 Å². The summed E-state index contributed by atoms with van der Waals surface area (Å²) in [4.78, 5) is 0. The first kappa shape index (κ1) is 13.6. The lowest BCUT2D eigenvalue weighted by Gasteiger charge is -2.17. The van der Waals surface area contributed by atoms with Gasteiger partial charge < -0.3 is 5.32 Å². The maximum Gasteiger partial charge on any atom is 0.126 e. The second-order valence-corrected chi connectivity index (χ2v) is 4.38. The van der Waals surface area contributed by atoms with Crippen molar-refractivity contribution in [3.63, 3.8) is 0 Å². The normalized spacial score (nSPS) is 12.4. The molecule has 0 amide bonds. The van der Waals surface area contributed by atoms with E-state index in [1.165, 1.54) is 24.3 Å². The highest BCUT2D eigenvalue weighted by atomic mass is 19.1. The predicted molar refractivity (Wildman–Crippen MR) is 68.3 cm³/mol. The Morgan fingerprint density at radius 1 is 0.947 bits per heavy atom. The molecular weight excluding hydrogens is 251 g/mol. The Balaban J connectivity index is 2.24. The van der Waals surface area contributed by atoms with E-state index in [9.17, 15) is 13.2 Å². The lowest BCUT2D eigenvalue weighted by atomic mass is 9.99. The molecule has 1 nitrogen and oxygen atoms in total. The first-order chi connectivity index (χ1) is 9.08. The molecule has 2 aromatic rings. The molecule has 0 heterocycles. The van der Waals surface area contributed by atoms with Crippen LogP contribution in [0.2, 0.25) is 0 Å². The summed E-state index contributed by atoms with van der Waals surface area (Å²) in [6.07, 6.45) is 0.456. The Morgan fingerprint density at radius 2 is 1.63 bits per heavy atom. The minimum absolute atomic E-state index is 0.271. The average molecular weight is 265 g/mol. The zero-order valence-electron chi connectivity index (χ0n) is 10.5. The van der Waals surface area contributed by atoms with E-state index in [4.69, 9.17) is 0 Å². The minimum atomic E-state index is -0.616. The minimum Gasteiger partial charge on any atom is -0.313 e. The molecule has 0 aromatic heterocycles. The van der Waals surface area contributed by atoms with Gasteiger partial charge in [0.1, 0.15) is 17.5 Å². The van der Waals surface area contributed by atoms with Crippen LogP contribution in [0.1, 0.15) is 17.2 Å². The Labute approximate surface area is 110 Å². The van der Waals surface area contributed by atoms with Gasteiger partial charge in [-0.05, 0) is 48.9 Å². The number of nitrogens with one attached hydrogen (secondary N) is 1. The molecule has 2 aromatic carbocycles. The number of benzene rings is 2. The van der Waals surface area contributed by atoms with Crippen LogP contribution in [-0.4, -0.2) is 7.05 Å². The summed E-state index contributed by atoms with van der Waals surface area (Å²) < 4.78 is 39.5. The lowest BCUT2D eigenvalue weighted by molar-refractivity contribution is 0.549. The van der Waals surface area contributed by atoms with Crippen molar-refractivity contribution in [1.82, 2.24) is 5.32 Å². The van der Waals surface area contributed by atoms with Crippen molar-refractivity contribution in [3.8, 4) is 0 Å². The number of halogens is 3. The summed E-state index contributed by atoms with van der Waals surface area (Å²) in [6, 6.07) is 9.30. The fourth-order valence-electron chi connectivity index (χ4n) is 2.06. The molecule has 1 unspecified atom stereocenters. The van der Waals surface area contributed by atoms with Crippen LogP contribution in [0.3, 0.4) is 0 Å². The van der Waals surface area contributed by atoms with Gasteiger partial charge >= 0.3 is 0 Å². The first-order valence-corrected chi connectivity index (χ1v) is 5.96. The van der Waals surface area contributed by atoms with E-state index in [0.29, 0.717) is 12.0 Å². The number of likely N-dealkylation sites (N-methyl/N-ethyl adjacent to an activating group) is 1. The molecule has 0 saturated carbocycles. The van der Waals surface area contributed by atoms with Gasteiger partial charge in [0.05, 0.1) is 0 Å². The molecule has 100 valence electrons. The van der Waals surface area contributed by atoms with Crippen molar-refractivity contribution >= 4 is 0 Å². The van der Waals surface area contributed by atoms with Gasteiger partial charge in [-0.2, -0.15) is 0 Å². The molecule has 0 aliphatic heterocycles. The van der Waals surface area contributed by atoms with E-state index in [1.54, 1.807) is 19.2 Å². The SMILES string of the molecule is CNC(Cc1cccc(F)c1)c1cc(F)cc(F)c1. The molecule has 0 aliphatic carbocycles. The molecule has 4 heteroatoms. The fraction of sp³-hybridized carbons (Fsp3) is 0.200. The summed E-state index contributed by atoms with van der Waals surface area (Å²) in [5.41, 5.74) is 1.27. The van der Waals surface area contributed by atoms with Gasteiger partial charge in [-0.25, -0.2) is 13.2 Å². The molecular formula is C15H14F3N. The summed E-state index contributed by atoms with van der Waals surface area (Å²) in [6.45, 7) is 0. The summed E-state index contributed by atoms with van der Waals surface area (Å²) in [5, 5.41) is 2.98. The zero-order valence-corrected chi connectivity index (χ0v) is 10.5. The van der Waals surface area contributed by atoms with Crippen LogP contribution in [0.4, 0.5) is 13.2 Å². The largest absolute Gasteiger partial charge is 0.313 e. The van der Waals surface area contributed by atoms with Crippen LogP contribution in [0.5, 0.6) is 0 Å². The third-order valence-corrected chi connectivity index (χ3v) is 2.96. The van der Waals surface area contributed by atoms with Crippen molar-refractivity contribution in [2.75, 3.05) is 7.05 Å². The van der Waals surface area contributed by atoms with Gasteiger partial charge in [0, 0.05) is 12.1 Å². The van der Waals surface area contributed by atoms with Crippen LogP contribution in [0.15, 0.2) is 42.5 Å². The lowest BCUT2D eigenvalue weighted by Crippen LogP contribution is -2.19. The number of rotatable bonds is 4. The maximum absolute atomic E-state index is 13.2. The number of hydrogen-bond acceptors (Lipinski definition) is 1. The Hall–Kier alpha value is -1.81. The van der Waals surface area contributed by atoms with Crippen LogP contribution >= 0.6 is 0 Å². The smallest absolute Gasteiger partial charge is 0.126 e. The van der Waals surface area contributed by atoms with E-state index in [-0.39, 0.29) is 11.9 Å². The van der Waals surface area contributed by atoms with Gasteiger partial charge in [0.15, 0.2) is 0 Å². The highest BCUT2D eigenvalue weighted by molar-refractivity contribution is 5.25. The third-order valence-electron chi connectivity index (χ3n) is 2.96. The van der Waals surface area contributed by atoms with E-state index in [0.717, 1.165) is 11.6 Å². The maximum atomic E-state index is 13.2. The molecule has 0 aliphatic rings. The van der Waals surface area contributed by atoms with Gasteiger partial charge in [0.25, 0.3) is 0 Å². The summed E-state index contributed by atoms with van der Waals surface area (Å²) >= 11 is 0. The Morgan fingerprint density at radius 3 is 2.21 bits per heavy atom. The predicted octanol–water partition coefficient (Wildman–Crippen LogP) is 3.61. The highest BCUT2D eigenvalue weighted by Gasteiger charge is 2.13. The number of hydrogen-bond donors (Lipinski definition) is 1. The molecule has 2 rings (SSSR count). The van der Waals surface area contributed by atoms with Crippen molar-refractivity contribution in [2.24, 2.45) is 0 Å². The molecule has 0 bridgehead atoms. The Kier molecular flexibility index (Phi) is 4.22. The van der Waals surface area contributed by atoms with Crippen LogP contribution in [-0.2, 0) is 6.42 Å². The van der Waals surface area contributed by atoms with Gasteiger partial charge in [-0.1, -0.05) is 12.1 Å². The van der Waals surface area contributed by atoms with Crippen LogP contribution < -0.4 is 5.32 Å². The van der Waals surface area contributed by atoms with Crippen LogP contribution in [0.25, 0.3) is 0 Å². The van der Waals surface area contributed by atoms with E-state index in [2.05, 4.69) is 5.32 Å². The van der Waals surface area contributed by atoms with E-state index >= 15 is 0 Å². The first-order valence-electron chi connectivity index (χ1n) is 5.96.